The topological polar surface area (TPSA) is 60.4 Å². The molecule has 4 heteroatoms. The lowest BCUT2D eigenvalue weighted by molar-refractivity contribution is -0.314. The monoisotopic (exact) mass is 368 g/mol. The Bertz CT molecular complexity index is 722. The Morgan fingerprint density at radius 1 is 1.04 bits per heavy atom. The lowest BCUT2D eigenvalue weighted by Gasteiger charge is -2.45. The Morgan fingerprint density at radius 3 is 2.41 bits per heavy atom. The van der Waals surface area contributed by atoms with E-state index in [0.717, 1.165) is 44.9 Å². The predicted octanol–water partition coefficient (Wildman–Crippen LogP) is 3.39. The van der Waals surface area contributed by atoms with E-state index < -0.39 is 17.8 Å². The van der Waals surface area contributed by atoms with Gasteiger partial charge in [0.05, 0.1) is 0 Å². The highest BCUT2D eigenvalue weighted by Gasteiger charge is 2.47. The number of hydrogen-bond donors (Lipinski definition) is 0. The van der Waals surface area contributed by atoms with Crippen LogP contribution in [-0.2, 0) is 16.1 Å². The molecule has 27 heavy (non-hydrogen) atoms. The van der Waals surface area contributed by atoms with Gasteiger partial charge in [0.2, 0.25) is 5.91 Å². The molecule has 4 rings (SSSR count). The number of aliphatic carboxylic acids is 1. The summed E-state index contributed by atoms with van der Waals surface area (Å²) in [7, 11) is 0. The van der Waals surface area contributed by atoms with Crippen molar-refractivity contribution in [1.82, 2.24) is 4.90 Å². The highest BCUT2D eigenvalue weighted by atomic mass is 16.4. The van der Waals surface area contributed by atoms with Crippen molar-refractivity contribution in [3.05, 3.63) is 35.4 Å². The van der Waals surface area contributed by atoms with Crippen LogP contribution in [-0.4, -0.2) is 22.3 Å². The number of carboxylic acid groups (broad SMARTS) is 1. The maximum Gasteiger partial charge on any atom is 0.227 e. The van der Waals surface area contributed by atoms with Crippen LogP contribution in [0.25, 0.3) is 0 Å². The molecular weight excluding hydrogens is 338 g/mol. The van der Waals surface area contributed by atoms with Crippen molar-refractivity contribution in [2.24, 2.45) is 11.8 Å². The number of amides is 1. The predicted molar refractivity (Wildman–Crippen MR) is 102 cm³/mol. The maximum absolute atomic E-state index is 13.7. The molecule has 1 amide bonds. The van der Waals surface area contributed by atoms with Crippen LogP contribution in [0.15, 0.2) is 24.3 Å². The minimum absolute atomic E-state index is 0.0645. The number of carbonyl (C=O) groups excluding carboxylic acids is 2. The molecule has 0 N–H and O–H groups in total. The first-order chi connectivity index (χ1) is 13.0. The third-order valence-electron chi connectivity index (χ3n) is 7.36. The minimum atomic E-state index is -1.04. The second-order valence-corrected chi connectivity index (χ2v) is 8.98. The summed E-state index contributed by atoms with van der Waals surface area (Å²) in [5.74, 6) is -1.60. The standard InChI is InChI=1S/C23H31NO3/c1-16-14-23(12-6-7-13-23)24(15-17-8-2-3-9-18(16)17)21(25)19-10-4-5-11-20(19)22(26)27/h2-3,8-9,16,19-20H,4-7,10-15H2,1H3,(H,26,27)/p-1/t16-,19+,20-/m0/s1. The Hall–Kier alpha value is -1.84. The fourth-order valence-electron chi connectivity index (χ4n) is 6.01. The number of nitrogens with zero attached hydrogens (tertiary/aromatic N) is 1. The van der Waals surface area contributed by atoms with Crippen LogP contribution in [0.4, 0.5) is 0 Å². The summed E-state index contributed by atoms with van der Waals surface area (Å²) < 4.78 is 0. The highest BCUT2D eigenvalue weighted by molar-refractivity contribution is 5.85. The van der Waals surface area contributed by atoms with Crippen molar-refractivity contribution >= 4 is 11.9 Å². The lowest BCUT2D eigenvalue weighted by atomic mass is 9.77. The third-order valence-corrected chi connectivity index (χ3v) is 7.36. The van der Waals surface area contributed by atoms with Gasteiger partial charge in [-0.05, 0) is 49.1 Å². The number of fused-ring (bicyclic) bond motifs is 1. The van der Waals surface area contributed by atoms with E-state index in [2.05, 4.69) is 30.0 Å². The molecule has 0 aromatic heterocycles. The molecule has 3 atom stereocenters. The summed E-state index contributed by atoms with van der Waals surface area (Å²) in [5.41, 5.74) is 2.46. The van der Waals surface area contributed by atoms with Gasteiger partial charge in [-0.1, -0.05) is 56.9 Å². The van der Waals surface area contributed by atoms with E-state index in [1.54, 1.807) is 0 Å². The largest absolute Gasteiger partial charge is 0.550 e. The second-order valence-electron chi connectivity index (χ2n) is 8.98. The van der Waals surface area contributed by atoms with Crippen LogP contribution >= 0.6 is 0 Å². The molecule has 0 radical (unpaired) electrons. The van der Waals surface area contributed by atoms with E-state index in [0.29, 0.717) is 25.3 Å². The number of rotatable bonds is 2. The van der Waals surface area contributed by atoms with Gasteiger partial charge in [0, 0.05) is 29.9 Å². The van der Waals surface area contributed by atoms with Crippen LogP contribution < -0.4 is 5.11 Å². The number of carbonyl (C=O) groups is 2. The van der Waals surface area contributed by atoms with Crippen molar-refractivity contribution in [1.29, 1.82) is 0 Å². The van der Waals surface area contributed by atoms with Gasteiger partial charge in [0.25, 0.3) is 0 Å². The van der Waals surface area contributed by atoms with Crippen molar-refractivity contribution in [3.63, 3.8) is 0 Å². The Morgan fingerprint density at radius 2 is 1.70 bits per heavy atom. The molecule has 1 heterocycles. The fraction of sp³-hybridized carbons (Fsp3) is 0.652. The zero-order valence-electron chi connectivity index (χ0n) is 16.3. The normalized spacial score (nSPS) is 30.0. The zero-order valence-corrected chi connectivity index (χ0v) is 16.3. The van der Waals surface area contributed by atoms with E-state index in [-0.39, 0.29) is 11.4 Å². The molecule has 0 bridgehead atoms. The van der Waals surface area contributed by atoms with Gasteiger partial charge in [-0.15, -0.1) is 0 Å². The summed E-state index contributed by atoms with van der Waals surface area (Å²) in [6, 6.07) is 8.46. The van der Waals surface area contributed by atoms with Gasteiger partial charge in [0.15, 0.2) is 0 Å². The van der Waals surface area contributed by atoms with Gasteiger partial charge in [-0.25, -0.2) is 0 Å². The molecule has 1 spiro atoms. The van der Waals surface area contributed by atoms with Crippen molar-refractivity contribution in [2.75, 3.05) is 0 Å². The Kier molecular flexibility index (Phi) is 5.00. The first-order valence-corrected chi connectivity index (χ1v) is 10.6. The van der Waals surface area contributed by atoms with Crippen LogP contribution in [0.3, 0.4) is 0 Å². The first-order valence-electron chi connectivity index (χ1n) is 10.6. The minimum Gasteiger partial charge on any atom is -0.550 e. The van der Waals surface area contributed by atoms with Crippen molar-refractivity contribution < 1.29 is 14.7 Å². The van der Waals surface area contributed by atoms with Gasteiger partial charge >= 0.3 is 0 Å². The summed E-state index contributed by atoms with van der Waals surface area (Å²) in [4.78, 5) is 27.5. The molecule has 0 saturated heterocycles. The summed E-state index contributed by atoms with van der Waals surface area (Å²) in [5, 5.41) is 11.7. The van der Waals surface area contributed by atoms with Gasteiger partial charge in [-0.2, -0.15) is 0 Å². The lowest BCUT2D eigenvalue weighted by Crippen LogP contribution is -2.54. The van der Waals surface area contributed by atoms with E-state index in [9.17, 15) is 14.7 Å². The van der Waals surface area contributed by atoms with Crippen molar-refractivity contribution in [2.45, 2.75) is 82.7 Å². The Labute approximate surface area is 161 Å². The van der Waals surface area contributed by atoms with E-state index in [1.807, 2.05) is 6.07 Å². The zero-order chi connectivity index (χ0) is 19.0. The third kappa shape index (κ3) is 3.28. The average molecular weight is 368 g/mol. The average Bonchev–Trinajstić information content (AvgIpc) is 3.10. The molecule has 2 fully saturated rings. The van der Waals surface area contributed by atoms with Crippen LogP contribution in [0.2, 0.25) is 0 Å². The molecule has 1 aromatic carbocycles. The molecular formula is C23H30NO3-. The highest BCUT2D eigenvalue weighted by Crippen LogP contribution is 2.47. The number of hydrogen-bond acceptors (Lipinski definition) is 3. The van der Waals surface area contributed by atoms with Gasteiger partial charge < -0.3 is 14.8 Å². The van der Waals surface area contributed by atoms with Gasteiger partial charge in [-0.3, -0.25) is 4.79 Å². The quantitative estimate of drug-likeness (QED) is 0.804. The summed E-state index contributed by atoms with van der Waals surface area (Å²) >= 11 is 0. The first kappa shape index (κ1) is 18.5. The molecule has 0 unspecified atom stereocenters. The number of benzene rings is 1. The SMILES string of the molecule is C[C@H]1CC2(CCCC2)N(C(=O)[C@@H]2CCCC[C@@H]2C(=O)[O-])Cc2ccccc21. The van der Waals surface area contributed by atoms with Crippen molar-refractivity contribution in [3.8, 4) is 0 Å². The summed E-state index contributed by atoms with van der Waals surface area (Å²) in [6.07, 6.45) is 8.45. The maximum atomic E-state index is 13.7. The van der Waals surface area contributed by atoms with E-state index in [4.69, 9.17) is 0 Å². The molecule has 3 aliphatic rings. The molecule has 2 saturated carbocycles. The molecule has 146 valence electrons. The van der Waals surface area contributed by atoms with Gasteiger partial charge in [0.1, 0.15) is 0 Å². The molecule has 1 aliphatic heterocycles. The van der Waals surface area contributed by atoms with Crippen LogP contribution in [0.1, 0.15) is 81.8 Å². The molecule has 2 aliphatic carbocycles. The smallest absolute Gasteiger partial charge is 0.227 e. The summed E-state index contributed by atoms with van der Waals surface area (Å²) in [6.45, 7) is 2.90. The molecule has 1 aromatic rings. The fourth-order valence-corrected chi connectivity index (χ4v) is 6.01. The number of carboxylic acids is 1. The van der Waals surface area contributed by atoms with Crippen LogP contribution in [0, 0.1) is 11.8 Å². The van der Waals surface area contributed by atoms with Crippen LogP contribution in [0.5, 0.6) is 0 Å². The van der Waals surface area contributed by atoms with E-state index >= 15 is 0 Å². The van der Waals surface area contributed by atoms with E-state index in [1.165, 1.54) is 11.1 Å². The second kappa shape index (κ2) is 7.29. The Balaban J connectivity index is 1.71. The molecule has 4 nitrogen and oxygen atoms in total.